The SMILES string of the molecule is C[C@@H](N)c1cccc(OCCCN(C)C)c1. The van der Waals surface area contributed by atoms with Gasteiger partial charge in [-0.1, -0.05) is 12.1 Å². The van der Waals surface area contributed by atoms with Gasteiger partial charge in [-0.05, 0) is 45.1 Å². The summed E-state index contributed by atoms with van der Waals surface area (Å²) in [6.45, 7) is 3.78. The summed E-state index contributed by atoms with van der Waals surface area (Å²) in [7, 11) is 4.13. The van der Waals surface area contributed by atoms with Crippen molar-refractivity contribution < 1.29 is 4.74 Å². The lowest BCUT2D eigenvalue weighted by Crippen LogP contribution is -2.15. The van der Waals surface area contributed by atoms with Gasteiger partial charge in [0.05, 0.1) is 6.61 Å². The molecule has 1 aromatic rings. The summed E-state index contributed by atoms with van der Waals surface area (Å²) in [6.07, 6.45) is 1.04. The largest absolute Gasteiger partial charge is 0.494 e. The summed E-state index contributed by atoms with van der Waals surface area (Å²) >= 11 is 0. The van der Waals surface area contributed by atoms with Gasteiger partial charge in [0, 0.05) is 12.6 Å². The second-order valence-corrected chi connectivity index (χ2v) is 4.37. The van der Waals surface area contributed by atoms with Gasteiger partial charge in [0.2, 0.25) is 0 Å². The van der Waals surface area contributed by atoms with E-state index in [0.29, 0.717) is 0 Å². The van der Waals surface area contributed by atoms with Crippen molar-refractivity contribution in [3.8, 4) is 5.75 Å². The fourth-order valence-electron chi connectivity index (χ4n) is 1.46. The number of nitrogens with zero attached hydrogens (tertiary/aromatic N) is 1. The molecule has 0 aliphatic carbocycles. The first kappa shape index (κ1) is 13.0. The van der Waals surface area contributed by atoms with Crippen LogP contribution in [0.4, 0.5) is 0 Å². The Bertz CT molecular complexity index is 311. The summed E-state index contributed by atoms with van der Waals surface area (Å²) in [6, 6.07) is 8.06. The third kappa shape index (κ3) is 4.64. The van der Waals surface area contributed by atoms with Gasteiger partial charge in [-0.25, -0.2) is 0 Å². The standard InChI is InChI=1S/C13H22N2O/c1-11(14)12-6-4-7-13(10-12)16-9-5-8-15(2)3/h4,6-7,10-11H,5,8-9,14H2,1-3H3/t11-/m1/s1. The predicted molar refractivity (Wildman–Crippen MR) is 67.7 cm³/mol. The first-order valence-corrected chi connectivity index (χ1v) is 5.72. The maximum absolute atomic E-state index is 5.81. The Labute approximate surface area is 98.2 Å². The Kier molecular flexibility index (Phi) is 5.29. The van der Waals surface area contributed by atoms with Crippen molar-refractivity contribution in [2.75, 3.05) is 27.2 Å². The first-order chi connectivity index (χ1) is 7.59. The zero-order valence-corrected chi connectivity index (χ0v) is 10.4. The van der Waals surface area contributed by atoms with Gasteiger partial charge < -0.3 is 15.4 Å². The van der Waals surface area contributed by atoms with E-state index in [9.17, 15) is 0 Å². The molecule has 0 spiro atoms. The fraction of sp³-hybridized carbons (Fsp3) is 0.538. The minimum Gasteiger partial charge on any atom is -0.494 e. The highest BCUT2D eigenvalue weighted by atomic mass is 16.5. The molecule has 1 rings (SSSR count). The monoisotopic (exact) mass is 222 g/mol. The summed E-state index contributed by atoms with van der Waals surface area (Å²) < 4.78 is 5.66. The van der Waals surface area contributed by atoms with Crippen molar-refractivity contribution in [3.63, 3.8) is 0 Å². The lowest BCUT2D eigenvalue weighted by atomic mass is 10.1. The quantitative estimate of drug-likeness (QED) is 0.749. The highest BCUT2D eigenvalue weighted by Gasteiger charge is 2.01. The molecule has 3 heteroatoms. The third-order valence-electron chi connectivity index (χ3n) is 2.40. The Hall–Kier alpha value is -1.06. The van der Waals surface area contributed by atoms with Gasteiger partial charge in [-0.3, -0.25) is 0 Å². The van der Waals surface area contributed by atoms with E-state index >= 15 is 0 Å². The maximum atomic E-state index is 5.81. The van der Waals surface area contributed by atoms with Crippen LogP contribution in [-0.2, 0) is 0 Å². The molecule has 0 aliphatic rings. The van der Waals surface area contributed by atoms with E-state index < -0.39 is 0 Å². The second-order valence-electron chi connectivity index (χ2n) is 4.37. The van der Waals surface area contributed by atoms with Crippen LogP contribution in [0.3, 0.4) is 0 Å². The fourth-order valence-corrected chi connectivity index (χ4v) is 1.46. The predicted octanol–water partition coefficient (Wildman–Crippen LogP) is 2.04. The van der Waals surface area contributed by atoms with Crippen LogP contribution in [0.2, 0.25) is 0 Å². The third-order valence-corrected chi connectivity index (χ3v) is 2.40. The van der Waals surface area contributed by atoms with Crippen molar-refractivity contribution in [3.05, 3.63) is 29.8 Å². The molecule has 2 N–H and O–H groups in total. The highest BCUT2D eigenvalue weighted by molar-refractivity contribution is 5.30. The topological polar surface area (TPSA) is 38.5 Å². The van der Waals surface area contributed by atoms with Crippen LogP contribution < -0.4 is 10.5 Å². The molecule has 3 nitrogen and oxygen atoms in total. The molecular formula is C13H22N2O. The van der Waals surface area contributed by atoms with E-state index in [1.807, 2.05) is 31.2 Å². The first-order valence-electron chi connectivity index (χ1n) is 5.72. The van der Waals surface area contributed by atoms with Crippen LogP contribution in [0.5, 0.6) is 5.75 Å². The number of hydrogen-bond acceptors (Lipinski definition) is 3. The van der Waals surface area contributed by atoms with Gasteiger partial charge in [-0.15, -0.1) is 0 Å². The molecule has 0 bridgehead atoms. The normalized spacial score (nSPS) is 12.8. The van der Waals surface area contributed by atoms with E-state index in [1.54, 1.807) is 0 Å². The molecule has 1 atom stereocenters. The number of rotatable bonds is 6. The van der Waals surface area contributed by atoms with Crippen molar-refractivity contribution in [1.29, 1.82) is 0 Å². The molecule has 0 amide bonds. The van der Waals surface area contributed by atoms with E-state index in [0.717, 1.165) is 30.9 Å². The molecule has 0 aromatic heterocycles. The number of nitrogens with two attached hydrogens (primary N) is 1. The van der Waals surface area contributed by atoms with Gasteiger partial charge in [0.25, 0.3) is 0 Å². The number of hydrogen-bond donors (Lipinski definition) is 1. The van der Waals surface area contributed by atoms with Gasteiger partial charge >= 0.3 is 0 Å². The minimum atomic E-state index is 0.0605. The van der Waals surface area contributed by atoms with Gasteiger partial charge in [-0.2, -0.15) is 0 Å². The maximum Gasteiger partial charge on any atom is 0.119 e. The molecule has 0 saturated heterocycles. The average Bonchev–Trinajstić information content (AvgIpc) is 2.24. The molecule has 0 fully saturated rings. The van der Waals surface area contributed by atoms with Crippen molar-refractivity contribution in [2.24, 2.45) is 5.73 Å². The van der Waals surface area contributed by atoms with Crippen LogP contribution in [-0.4, -0.2) is 32.1 Å². The minimum absolute atomic E-state index is 0.0605. The number of benzene rings is 1. The van der Waals surface area contributed by atoms with E-state index in [-0.39, 0.29) is 6.04 Å². The Morgan fingerprint density at radius 3 is 2.75 bits per heavy atom. The molecule has 90 valence electrons. The van der Waals surface area contributed by atoms with E-state index in [4.69, 9.17) is 10.5 Å². The van der Waals surface area contributed by atoms with Crippen molar-refractivity contribution in [1.82, 2.24) is 4.90 Å². The summed E-state index contributed by atoms with van der Waals surface area (Å²) in [5, 5.41) is 0. The molecule has 0 saturated carbocycles. The van der Waals surface area contributed by atoms with Gasteiger partial charge in [0.1, 0.15) is 5.75 Å². The van der Waals surface area contributed by atoms with Crippen molar-refractivity contribution in [2.45, 2.75) is 19.4 Å². The summed E-state index contributed by atoms with van der Waals surface area (Å²) in [5.41, 5.74) is 6.93. The summed E-state index contributed by atoms with van der Waals surface area (Å²) in [4.78, 5) is 2.15. The Balaban J connectivity index is 2.39. The van der Waals surface area contributed by atoms with Crippen molar-refractivity contribution >= 4 is 0 Å². The molecule has 0 radical (unpaired) electrons. The van der Waals surface area contributed by atoms with Gasteiger partial charge in [0.15, 0.2) is 0 Å². The van der Waals surface area contributed by atoms with Crippen LogP contribution in [0.15, 0.2) is 24.3 Å². The molecule has 16 heavy (non-hydrogen) atoms. The molecule has 1 aromatic carbocycles. The van der Waals surface area contributed by atoms with Crippen LogP contribution >= 0.6 is 0 Å². The molecule has 0 unspecified atom stereocenters. The van der Waals surface area contributed by atoms with Crippen LogP contribution in [0.25, 0.3) is 0 Å². The van der Waals surface area contributed by atoms with Crippen LogP contribution in [0.1, 0.15) is 24.9 Å². The second kappa shape index (κ2) is 6.51. The Morgan fingerprint density at radius 2 is 2.12 bits per heavy atom. The molecule has 0 aliphatic heterocycles. The molecule has 0 heterocycles. The zero-order chi connectivity index (χ0) is 12.0. The molecular weight excluding hydrogens is 200 g/mol. The van der Waals surface area contributed by atoms with E-state index in [1.165, 1.54) is 0 Å². The highest BCUT2D eigenvalue weighted by Crippen LogP contribution is 2.17. The number of ether oxygens (including phenoxy) is 1. The lowest BCUT2D eigenvalue weighted by Gasteiger charge is -2.12. The lowest BCUT2D eigenvalue weighted by molar-refractivity contribution is 0.281. The van der Waals surface area contributed by atoms with E-state index in [2.05, 4.69) is 19.0 Å². The van der Waals surface area contributed by atoms with Crippen LogP contribution in [0, 0.1) is 0 Å². The zero-order valence-electron chi connectivity index (χ0n) is 10.4. The average molecular weight is 222 g/mol. The Morgan fingerprint density at radius 1 is 1.38 bits per heavy atom. The smallest absolute Gasteiger partial charge is 0.119 e. The summed E-state index contributed by atoms with van der Waals surface area (Å²) in [5.74, 6) is 0.911.